The van der Waals surface area contributed by atoms with Crippen LogP contribution in [-0.4, -0.2) is 17.5 Å². The zero-order valence-corrected chi connectivity index (χ0v) is 12.8. The average Bonchev–Trinajstić information content (AvgIpc) is 3.03. The van der Waals surface area contributed by atoms with Gasteiger partial charge in [-0.1, -0.05) is 11.6 Å². The highest BCUT2D eigenvalue weighted by molar-refractivity contribution is 6.30. The number of nitrogens with zero attached hydrogens (tertiary/aromatic N) is 1. The standard InChI is InChI=1S/C17H13ClN2O3/c18-11-2-4-15-12(8-11)13(5-6-22-15)20-17(21)10-1-3-16-14(7-10)19-9-23-16/h1-4,7-9,13H,5-6H2,(H,20,21). The molecule has 5 nitrogen and oxygen atoms in total. The molecule has 0 spiro atoms. The molecule has 1 aliphatic rings. The molecule has 1 unspecified atom stereocenters. The van der Waals surface area contributed by atoms with E-state index in [4.69, 9.17) is 20.8 Å². The van der Waals surface area contributed by atoms with E-state index in [0.29, 0.717) is 34.7 Å². The van der Waals surface area contributed by atoms with Crippen LogP contribution >= 0.6 is 11.6 Å². The first-order valence-electron chi connectivity index (χ1n) is 7.27. The van der Waals surface area contributed by atoms with Crippen LogP contribution < -0.4 is 10.1 Å². The van der Waals surface area contributed by atoms with E-state index < -0.39 is 0 Å². The molecule has 23 heavy (non-hydrogen) atoms. The number of aromatic nitrogens is 1. The van der Waals surface area contributed by atoms with Gasteiger partial charge in [0.15, 0.2) is 12.0 Å². The van der Waals surface area contributed by atoms with Crippen molar-refractivity contribution in [1.82, 2.24) is 10.3 Å². The van der Waals surface area contributed by atoms with Gasteiger partial charge in [-0.25, -0.2) is 4.98 Å². The summed E-state index contributed by atoms with van der Waals surface area (Å²) in [7, 11) is 0. The number of nitrogens with one attached hydrogen (secondary N) is 1. The minimum Gasteiger partial charge on any atom is -0.493 e. The summed E-state index contributed by atoms with van der Waals surface area (Å²) in [5.41, 5.74) is 2.76. The number of hydrogen-bond acceptors (Lipinski definition) is 4. The third-order valence-electron chi connectivity index (χ3n) is 3.91. The minimum absolute atomic E-state index is 0.127. The Balaban J connectivity index is 1.61. The molecule has 116 valence electrons. The van der Waals surface area contributed by atoms with Crippen molar-refractivity contribution in [3.8, 4) is 5.75 Å². The van der Waals surface area contributed by atoms with Crippen molar-refractivity contribution in [2.24, 2.45) is 0 Å². The molecule has 0 saturated carbocycles. The highest BCUT2D eigenvalue weighted by atomic mass is 35.5. The molecule has 4 rings (SSSR count). The quantitative estimate of drug-likeness (QED) is 0.778. The topological polar surface area (TPSA) is 64.4 Å². The van der Waals surface area contributed by atoms with Crippen molar-refractivity contribution >= 4 is 28.6 Å². The molecule has 1 N–H and O–H groups in total. The number of carbonyl (C=O) groups is 1. The second-order valence-electron chi connectivity index (χ2n) is 5.38. The van der Waals surface area contributed by atoms with Crippen molar-refractivity contribution in [2.45, 2.75) is 12.5 Å². The molecule has 1 aliphatic heterocycles. The van der Waals surface area contributed by atoms with E-state index in [1.807, 2.05) is 12.1 Å². The lowest BCUT2D eigenvalue weighted by atomic mass is 10.00. The molecule has 0 saturated heterocycles. The van der Waals surface area contributed by atoms with Crippen molar-refractivity contribution < 1.29 is 13.9 Å². The minimum atomic E-state index is -0.160. The zero-order valence-electron chi connectivity index (χ0n) is 12.1. The maximum Gasteiger partial charge on any atom is 0.251 e. The van der Waals surface area contributed by atoms with Gasteiger partial charge in [0.25, 0.3) is 5.91 Å². The van der Waals surface area contributed by atoms with Gasteiger partial charge in [-0.2, -0.15) is 0 Å². The summed E-state index contributed by atoms with van der Waals surface area (Å²) in [4.78, 5) is 16.6. The molecular formula is C17H13ClN2O3. The summed E-state index contributed by atoms with van der Waals surface area (Å²) in [6.07, 6.45) is 2.06. The first-order valence-corrected chi connectivity index (χ1v) is 7.65. The van der Waals surface area contributed by atoms with Gasteiger partial charge in [0.2, 0.25) is 0 Å². The molecule has 6 heteroatoms. The number of ether oxygens (including phenoxy) is 1. The van der Waals surface area contributed by atoms with Gasteiger partial charge in [-0.3, -0.25) is 4.79 Å². The van der Waals surface area contributed by atoms with E-state index in [9.17, 15) is 4.79 Å². The molecule has 3 aromatic rings. The van der Waals surface area contributed by atoms with E-state index in [-0.39, 0.29) is 11.9 Å². The summed E-state index contributed by atoms with van der Waals surface area (Å²) < 4.78 is 10.8. The number of halogens is 1. The van der Waals surface area contributed by atoms with E-state index in [1.54, 1.807) is 24.3 Å². The maximum atomic E-state index is 12.5. The van der Waals surface area contributed by atoms with Crippen molar-refractivity contribution in [1.29, 1.82) is 0 Å². The molecule has 0 bridgehead atoms. The Morgan fingerprint density at radius 3 is 3.09 bits per heavy atom. The first kappa shape index (κ1) is 14.1. The molecular weight excluding hydrogens is 316 g/mol. The van der Waals surface area contributed by atoms with Crippen LogP contribution in [0.25, 0.3) is 11.1 Å². The van der Waals surface area contributed by atoms with Crippen LogP contribution in [0.15, 0.2) is 47.2 Å². The van der Waals surface area contributed by atoms with Crippen molar-refractivity contribution in [2.75, 3.05) is 6.61 Å². The van der Waals surface area contributed by atoms with E-state index in [2.05, 4.69) is 10.3 Å². The Hall–Kier alpha value is -2.53. The molecule has 2 heterocycles. The highest BCUT2D eigenvalue weighted by Gasteiger charge is 2.24. The van der Waals surface area contributed by atoms with Crippen LogP contribution in [0.3, 0.4) is 0 Å². The zero-order chi connectivity index (χ0) is 15.8. The van der Waals surface area contributed by atoms with Gasteiger partial charge in [-0.05, 0) is 36.4 Å². The number of fused-ring (bicyclic) bond motifs is 2. The van der Waals surface area contributed by atoms with Crippen LogP contribution in [0.4, 0.5) is 0 Å². The second-order valence-corrected chi connectivity index (χ2v) is 5.82. The molecule has 1 atom stereocenters. The Bertz CT molecular complexity index is 890. The predicted molar refractivity (Wildman–Crippen MR) is 85.8 cm³/mol. The molecule has 1 aromatic heterocycles. The smallest absolute Gasteiger partial charge is 0.251 e. The largest absolute Gasteiger partial charge is 0.493 e. The van der Waals surface area contributed by atoms with Crippen LogP contribution in [0, 0.1) is 0 Å². The van der Waals surface area contributed by atoms with Gasteiger partial charge in [0, 0.05) is 22.6 Å². The predicted octanol–water partition coefficient (Wildman–Crippen LogP) is 3.73. The summed E-state index contributed by atoms with van der Waals surface area (Å²) in [5, 5.41) is 3.66. The number of amides is 1. The summed E-state index contributed by atoms with van der Waals surface area (Å²) in [6.45, 7) is 0.557. The highest BCUT2D eigenvalue weighted by Crippen LogP contribution is 2.34. The summed E-state index contributed by atoms with van der Waals surface area (Å²) in [6, 6.07) is 10.5. The van der Waals surface area contributed by atoms with Crippen molar-refractivity contribution in [3.63, 3.8) is 0 Å². The molecule has 1 amide bonds. The third-order valence-corrected chi connectivity index (χ3v) is 4.14. The lowest BCUT2D eigenvalue weighted by Gasteiger charge is -2.27. The van der Waals surface area contributed by atoms with E-state index in [0.717, 1.165) is 11.3 Å². The Labute approximate surface area is 137 Å². The number of hydrogen-bond donors (Lipinski definition) is 1. The lowest BCUT2D eigenvalue weighted by Crippen LogP contribution is -2.32. The van der Waals surface area contributed by atoms with E-state index >= 15 is 0 Å². The SMILES string of the molecule is O=C(NC1CCOc2ccc(Cl)cc21)c1ccc2ocnc2c1. The monoisotopic (exact) mass is 328 g/mol. The first-order chi connectivity index (χ1) is 11.2. The van der Waals surface area contributed by atoms with Crippen molar-refractivity contribution in [3.05, 3.63) is 58.9 Å². The average molecular weight is 329 g/mol. The van der Waals surface area contributed by atoms with E-state index in [1.165, 1.54) is 6.39 Å². The number of oxazole rings is 1. The molecule has 0 fully saturated rings. The lowest BCUT2D eigenvalue weighted by molar-refractivity contribution is 0.0925. The van der Waals surface area contributed by atoms with Gasteiger partial charge in [0.1, 0.15) is 11.3 Å². The Morgan fingerprint density at radius 2 is 2.17 bits per heavy atom. The number of rotatable bonds is 2. The van der Waals surface area contributed by atoms with Crippen LogP contribution in [0.5, 0.6) is 5.75 Å². The Kier molecular flexibility index (Phi) is 3.42. The van der Waals surface area contributed by atoms with Gasteiger partial charge in [0.05, 0.1) is 12.6 Å². The fraction of sp³-hybridized carbons (Fsp3) is 0.176. The van der Waals surface area contributed by atoms with Gasteiger partial charge in [-0.15, -0.1) is 0 Å². The molecule has 2 aromatic carbocycles. The summed E-state index contributed by atoms with van der Waals surface area (Å²) in [5.74, 6) is 0.602. The fourth-order valence-electron chi connectivity index (χ4n) is 2.76. The van der Waals surface area contributed by atoms with Crippen LogP contribution in [0.2, 0.25) is 5.02 Å². The van der Waals surface area contributed by atoms with Gasteiger partial charge >= 0.3 is 0 Å². The number of carbonyl (C=O) groups excluding carboxylic acids is 1. The van der Waals surface area contributed by atoms with Crippen LogP contribution in [-0.2, 0) is 0 Å². The molecule has 0 radical (unpaired) electrons. The fourth-order valence-corrected chi connectivity index (χ4v) is 2.94. The third kappa shape index (κ3) is 2.64. The maximum absolute atomic E-state index is 12.5. The second kappa shape index (κ2) is 5.59. The summed E-state index contributed by atoms with van der Waals surface area (Å²) >= 11 is 6.06. The number of benzene rings is 2. The molecule has 0 aliphatic carbocycles. The van der Waals surface area contributed by atoms with Crippen LogP contribution in [0.1, 0.15) is 28.4 Å². The van der Waals surface area contributed by atoms with Gasteiger partial charge < -0.3 is 14.5 Å². The normalized spacial score (nSPS) is 16.7. The Morgan fingerprint density at radius 1 is 1.26 bits per heavy atom.